The average Bonchev–Trinajstić information content (AvgIpc) is 2.99. The van der Waals surface area contributed by atoms with Gasteiger partial charge in [-0.25, -0.2) is 4.68 Å². The number of halogens is 1. The van der Waals surface area contributed by atoms with Crippen LogP contribution in [0.15, 0.2) is 30.3 Å². The van der Waals surface area contributed by atoms with Crippen molar-refractivity contribution in [2.45, 2.75) is 58.9 Å². The first-order valence-corrected chi connectivity index (χ1v) is 9.46. The third kappa shape index (κ3) is 5.11. The number of nitrogens with zero attached hydrogens (tertiary/aromatic N) is 2. The molecule has 1 aromatic heterocycles. The number of anilines is 1. The van der Waals surface area contributed by atoms with Crippen molar-refractivity contribution in [1.29, 1.82) is 0 Å². The topological polar surface area (TPSA) is 59.0 Å². The number of aryl methyl sites for hydroxylation is 1. The van der Waals surface area contributed by atoms with Gasteiger partial charge in [-0.15, -0.1) is 12.4 Å². The molecule has 1 saturated heterocycles. The van der Waals surface area contributed by atoms with Crippen LogP contribution >= 0.6 is 12.4 Å². The molecule has 0 aliphatic carbocycles. The summed E-state index contributed by atoms with van der Waals surface area (Å²) in [5, 5.41) is 11.3. The second-order valence-electron chi connectivity index (χ2n) is 8.48. The van der Waals surface area contributed by atoms with E-state index in [1.165, 1.54) is 5.56 Å². The third-order valence-corrected chi connectivity index (χ3v) is 4.97. The van der Waals surface area contributed by atoms with Crippen molar-refractivity contribution < 1.29 is 4.79 Å². The van der Waals surface area contributed by atoms with Crippen molar-refractivity contribution in [2.75, 3.05) is 11.9 Å². The summed E-state index contributed by atoms with van der Waals surface area (Å²) in [6, 6.07) is 10.6. The Hall–Kier alpha value is -1.85. The van der Waals surface area contributed by atoms with Crippen LogP contribution < -0.4 is 10.6 Å². The number of amides is 1. The molecule has 5 nitrogen and oxygen atoms in total. The monoisotopic (exact) mass is 390 g/mol. The molecule has 27 heavy (non-hydrogen) atoms. The van der Waals surface area contributed by atoms with Crippen LogP contribution in [0, 0.1) is 12.8 Å². The number of carbonyl (C=O) groups is 1. The van der Waals surface area contributed by atoms with Crippen molar-refractivity contribution in [3.05, 3.63) is 41.6 Å². The molecule has 1 aromatic carbocycles. The Balaban J connectivity index is 0.00000261. The van der Waals surface area contributed by atoms with Crippen molar-refractivity contribution in [3.63, 3.8) is 0 Å². The maximum Gasteiger partial charge on any atom is 0.228 e. The summed E-state index contributed by atoms with van der Waals surface area (Å²) < 4.78 is 1.86. The van der Waals surface area contributed by atoms with E-state index in [1.54, 1.807) is 0 Å². The third-order valence-electron chi connectivity index (χ3n) is 4.97. The van der Waals surface area contributed by atoms with E-state index in [0.717, 1.165) is 36.6 Å². The normalized spacial score (nSPS) is 20.0. The summed E-state index contributed by atoms with van der Waals surface area (Å²) in [7, 11) is 0. The molecule has 148 valence electrons. The number of hydrogen-bond donors (Lipinski definition) is 2. The molecule has 2 atom stereocenters. The molecule has 2 aromatic rings. The highest BCUT2D eigenvalue weighted by Crippen LogP contribution is 2.27. The maximum absolute atomic E-state index is 12.8. The second-order valence-corrected chi connectivity index (χ2v) is 8.48. The van der Waals surface area contributed by atoms with Gasteiger partial charge in [0.2, 0.25) is 5.91 Å². The molecule has 1 aliphatic rings. The molecule has 2 heterocycles. The largest absolute Gasteiger partial charge is 0.314 e. The summed E-state index contributed by atoms with van der Waals surface area (Å²) in [5.74, 6) is 0.884. The summed E-state index contributed by atoms with van der Waals surface area (Å²) in [6.07, 6.45) is 1.75. The van der Waals surface area contributed by atoms with E-state index in [0.29, 0.717) is 6.04 Å². The fourth-order valence-corrected chi connectivity index (χ4v) is 3.39. The zero-order chi connectivity index (χ0) is 18.9. The van der Waals surface area contributed by atoms with Gasteiger partial charge >= 0.3 is 0 Å². The number of nitrogens with one attached hydrogen (secondary N) is 2. The molecule has 1 fully saturated rings. The van der Waals surface area contributed by atoms with E-state index >= 15 is 0 Å². The number of rotatable bonds is 3. The van der Waals surface area contributed by atoms with Gasteiger partial charge in [-0.05, 0) is 50.9 Å². The summed E-state index contributed by atoms with van der Waals surface area (Å²) in [4.78, 5) is 12.8. The van der Waals surface area contributed by atoms with Gasteiger partial charge < -0.3 is 10.6 Å². The van der Waals surface area contributed by atoms with E-state index in [1.807, 2.05) is 22.9 Å². The fourth-order valence-electron chi connectivity index (χ4n) is 3.39. The van der Waals surface area contributed by atoms with Crippen molar-refractivity contribution in [3.8, 4) is 5.69 Å². The highest BCUT2D eigenvalue weighted by molar-refractivity contribution is 5.92. The number of hydrogen-bond acceptors (Lipinski definition) is 3. The first kappa shape index (κ1) is 21.5. The highest BCUT2D eigenvalue weighted by Gasteiger charge is 2.27. The molecule has 2 N–H and O–H groups in total. The lowest BCUT2D eigenvalue weighted by Crippen LogP contribution is -2.40. The van der Waals surface area contributed by atoms with E-state index in [2.05, 4.69) is 57.4 Å². The Bertz CT molecular complexity index is 794. The molecule has 0 unspecified atom stereocenters. The molecule has 1 aliphatic heterocycles. The van der Waals surface area contributed by atoms with Crippen LogP contribution in [0.1, 0.15) is 51.8 Å². The Morgan fingerprint density at radius 1 is 1.30 bits per heavy atom. The molecule has 0 spiro atoms. The van der Waals surface area contributed by atoms with Crippen LogP contribution in [-0.4, -0.2) is 28.3 Å². The molecular weight excluding hydrogens is 360 g/mol. The Morgan fingerprint density at radius 3 is 2.67 bits per heavy atom. The minimum Gasteiger partial charge on any atom is -0.314 e. The molecule has 1 amide bonds. The lowest BCUT2D eigenvalue weighted by atomic mass is 9.92. The van der Waals surface area contributed by atoms with E-state index in [4.69, 9.17) is 5.10 Å². The van der Waals surface area contributed by atoms with Crippen molar-refractivity contribution >= 4 is 24.1 Å². The average molecular weight is 391 g/mol. The molecular formula is C21H31ClN4O. The van der Waals surface area contributed by atoms with Gasteiger partial charge in [0.05, 0.1) is 11.4 Å². The van der Waals surface area contributed by atoms with Gasteiger partial charge in [0, 0.05) is 23.4 Å². The van der Waals surface area contributed by atoms with E-state index in [9.17, 15) is 4.79 Å². The number of benzene rings is 1. The predicted octanol–water partition coefficient (Wildman–Crippen LogP) is 4.23. The SMILES string of the molecule is Cc1cccc(-n2nc(C(C)(C)C)cc2NC(=O)[C@H]2CCN[C@@H](C)C2)c1.Cl. The van der Waals surface area contributed by atoms with Crippen LogP contribution in [0.3, 0.4) is 0 Å². The zero-order valence-corrected chi connectivity index (χ0v) is 17.7. The molecule has 3 rings (SSSR count). The maximum atomic E-state index is 12.8. The van der Waals surface area contributed by atoms with Gasteiger partial charge in [0.15, 0.2) is 0 Å². The summed E-state index contributed by atoms with van der Waals surface area (Å²) in [5.41, 5.74) is 3.01. The van der Waals surface area contributed by atoms with Gasteiger partial charge in [0.25, 0.3) is 0 Å². The van der Waals surface area contributed by atoms with Crippen LogP contribution in [0.5, 0.6) is 0 Å². The highest BCUT2D eigenvalue weighted by atomic mass is 35.5. The first-order chi connectivity index (χ1) is 12.2. The summed E-state index contributed by atoms with van der Waals surface area (Å²) in [6.45, 7) is 11.5. The summed E-state index contributed by atoms with van der Waals surface area (Å²) >= 11 is 0. The van der Waals surface area contributed by atoms with Crippen LogP contribution in [0.2, 0.25) is 0 Å². The van der Waals surface area contributed by atoms with Crippen LogP contribution in [0.25, 0.3) is 5.69 Å². The Labute approximate surface area is 168 Å². The lowest BCUT2D eigenvalue weighted by Gasteiger charge is -2.27. The number of carbonyl (C=O) groups excluding carboxylic acids is 1. The first-order valence-electron chi connectivity index (χ1n) is 9.46. The van der Waals surface area contributed by atoms with E-state index < -0.39 is 0 Å². The smallest absolute Gasteiger partial charge is 0.228 e. The van der Waals surface area contributed by atoms with Crippen molar-refractivity contribution in [2.24, 2.45) is 5.92 Å². The van der Waals surface area contributed by atoms with Gasteiger partial charge in [0.1, 0.15) is 5.82 Å². The van der Waals surface area contributed by atoms with E-state index in [-0.39, 0.29) is 29.6 Å². The fraction of sp³-hybridized carbons (Fsp3) is 0.524. The van der Waals surface area contributed by atoms with Crippen LogP contribution in [0.4, 0.5) is 5.82 Å². The lowest BCUT2D eigenvalue weighted by molar-refractivity contribution is -0.120. The predicted molar refractivity (Wildman–Crippen MR) is 113 cm³/mol. The molecule has 0 bridgehead atoms. The minimum absolute atomic E-state index is 0. The van der Waals surface area contributed by atoms with Gasteiger partial charge in [-0.1, -0.05) is 32.9 Å². The minimum atomic E-state index is -0.0855. The zero-order valence-electron chi connectivity index (χ0n) is 16.9. The number of piperidine rings is 1. The Kier molecular flexibility index (Phi) is 6.71. The molecule has 0 saturated carbocycles. The van der Waals surface area contributed by atoms with Crippen molar-refractivity contribution in [1.82, 2.24) is 15.1 Å². The standard InChI is InChI=1S/C21H30N4O.ClH/c1-14-7-6-8-17(11-14)25-19(13-18(24-25)21(3,4)5)23-20(26)16-9-10-22-15(2)12-16;/h6-8,11,13,15-16,22H,9-10,12H2,1-5H3,(H,23,26);1H/t15-,16-;/m0./s1. The van der Waals surface area contributed by atoms with Gasteiger partial charge in [-0.3, -0.25) is 4.79 Å². The molecule has 6 heteroatoms. The molecule has 0 radical (unpaired) electrons. The second kappa shape index (κ2) is 8.44. The quantitative estimate of drug-likeness (QED) is 0.824. The number of aromatic nitrogens is 2. The van der Waals surface area contributed by atoms with Crippen LogP contribution in [-0.2, 0) is 10.2 Å². The Morgan fingerprint density at radius 2 is 2.04 bits per heavy atom. The van der Waals surface area contributed by atoms with Gasteiger partial charge in [-0.2, -0.15) is 5.10 Å².